The number of nitrogens with one attached hydrogen (secondary N) is 1. The van der Waals surface area contributed by atoms with Crippen molar-refractivity contribution in [3.05, 3.63) is 21.4 Å². The van der Waals surface area contributed by atoms with Crippen molar-refractivity contribution in [2.75, 3.05) is 12.0 Å². The fourth-order valence-electron chi connectivity index (χ4n) is 2.53. The molecule has 3 heteroatoms. The summed E-state index contributed by atoms with van der Waals surface area (Å²) >= 11 is 3.95. The van der Waals surface area contributed by atoms with Crippen molar-refractivity contribution in [1.29, 1.82) is 0 Å². The van der Waals surface area contributed by atoms with Crippen molar-refractivity contribution in [2.24, 2.45) is 0 Å². The average Bonchev–Trinajstić information content (AvgIpc) is 2.72. The number of fused-ring (bicyclic) bond motifs is 1. The lowest BCUT2D eigenvalue weighted by molar-refractivity contribution is 0.517. The summed E-state index contributed by atoms with van der Waals surface area (Å²) in [7, 11) is 0. The predicted molar refractivity (Wildman–Crippen MR) is 80.4 cm³/mol. The van der Waals surface area contributed by atoms with Crippen LogP contribution in [0.5, 0.6) is 0 Å². The summed E-state index contributed by atoms with van der Waals surface area (Å²) in [4.78, 5) is 3.18. The molecule has 0 amide bonds. The van der Waals surface area contributed by atoms with Crippen molar-refractivity contribution in [1.82, 2.24) is 5.32 Å². The van der Waals surface area contributed by atoms with Crippen LogP contribution in [0.3, 0.4) is 0 Å². The molecule has 0 radical (unpaired) electrons. The third-order valence-electron chi connectivity index (χ3n) is 3.39. The summed E-state index contributed by atoms with van der Waals surface area (Å²) in [6.07, 6.45) is 7.56. The van der Waals surface area contributed by atoms with E-state index in [4.69, 9.17) is 0 Å². The lowest BCUT2D eigenvalue weighted by Crippen LogP contribution is -2.30. The SMILES string of the molecule is CSCC(C)NC(C)c1cc2c(s1)CCCC2. The van der Waals surface area contributed by atoms with Crippen molar-refractivity contribution >= 4 is 23.1 Å². The van der Waals surface area contributed by atoms with Crippen LogP contribution in [0, 0.1) is 0 Å². The Labute approximate surface area is 113 Å². The second-order valence-corrected chi connectivity index (χ2v) is 7.13. The van der Waals surface area contributed by atoms with Gasteiger partial charge in [-0.3, -0.25) is 0 Å². The molecule has 1 aromatic rings. The quantitative estimate of drug-likeness (QED) is 0.866. The van der Waals surface area contributed by atoms with E-state index in [1.807, 2.05) is 23.1 Å². The first-order valence-corrected chi connectivity index (χ1v) is 8.78. The van der Waals surface area contributed by atoms with Gasteiger partial charge in [-0.15, -0.1) is 11.3 Å². The first-order valence-electron chi connectivity index (χ1n) is 6.57. The molecule has 2 atom stereocenters. The highest BCUT2D eigenvalue weighted by Gasteiger charge is 2.17. The Morgan fingerprint density at radius 1 is 1.35 bits per heavy atom. The minimum atomic E-state index is 0.507. The van der Waals surface area contributed by atoms with Crippen LogP contribution in [0.15, 0.2) is 6.07 Å². The smallest absolute Gasteiger partial charge is 0.0388 e. The standard InChI is InChI=1S/C14H23NS2/c1-10(9-16-3)15-11(2)14-8-12-6-4-5-7-13(12)17-14/h8,10-11,15H,4-7,9H2,1-3H3. The van der Waals surface area contributed by atoms with Crippen LogP contribution in [-0.2, 0) is 12.8 Å². The van der Waals surface area contributed by atoms with Crippen LogP contribution in [0.4, 0.5) is 0 Å². The van der Waals surface area contributed by atoms with E-state index in [0.29, 0.717) is 12.1 Å². The fraction of sp³-hybridized carbons (Fsp3) is 0.714. The van der Waals surface area contributed by atoms with Gasteiger partial charge in [-0.1, -0.05) is 0 Å². The lowest BCUT2D eigenvalue weighted by Gasteiger charge is -2.18. The highest BCUT2D eigenvalue weighted by atomic mass is 32.2. The topological polar surface area (TPSA) is 12.0 Å². The molecule has 1 N–H and O–H groups in total. The molecule has 1 aliphatic carbocycles. The van der Waals surface area contributed by atoms with E-state index in [2.05, 4.69) is 31.5 Å². The Bertz CT molecular complexity index is 336. The van der Waals surface area contributed by atoms with E-state index < -0.39 is 0 Å². The zero-order valence-electron chi connectivity index (χ0n) is 11.1. The molecule has 0 spiro atoms. The molecule has 0 saturated heterocycles. The number of thioether (sulfide) groups is 1. The summed E-state index contributed by atoms with van der Waals surface area (Å²) in [6, 6.07) is 3.55. The molecule has 17 heavy (non-hydrogen) atoms. The molecule has 0 aliphatic heterocycles. The van der Waals surface area contributed by atoms with Crippen LogP contribution in [-0.4, -0.2) is 18.1 Å². The van der Waals surface area contributed by atoms with E-state index >= 15 is 0 Å². The van der Waals surface area contributed by atoms with Gasteiger partial charge in [0.2, 0.25) is 0 Å². The second kappa shape index (κ2) is 6.26. The van der Waals surface area contributed by atoms with E-state index in [-0.39, 0.29) is 0 Å². The number of thiophene rings is 1. The van der Waals surface area contributed by atoms with Gasteiger partial charge in [-0.05, 0) is 57.4 Å². The summed E-state index contributed by atoms with van der Waals surface area (Å²) in [6.45, 7) is 4.58. The van der Waals surface area contributed by atoms with Gasteiger partial charge in [0.15, 0.2) is 0 Å². The van der Waals surface area contributed by atoms with Gasteiger partial charge in [0.25, 0.3) is 0 Å². The fourth-order valence-corrected chi connectivity index (χ4v) is 4.40. The van der Waals surface area contributed by atoms with Gasteiger partial charge in [0.05, 0.1) is 0 Å². The maximum Gasteiger partial charge on any atom is 0.0388 e. The molecule has 0 fully saturated rings. The summed E-state index contributed by atoms with van der Waals surface area (Å²) < 4.78 is 0. The Morgan fingerprint density at radius 2 is 2.12 bits per heavy atom. The lowest BCUT2D eigenvalue weighted by atomic mass is 9.99. The zero-order valence-corrected chi connectivity index (χ0v) is 12.7. The first-order chi connectivity index (χ1) is 8.20. The molecule has 96 valence electrons. The van der Waals surface area contributed by atoms with Gasteiger partial charge >= 0.3 is 0 Å². The summed E-state index contributed by atoms with van der Waals surface area (Å²) in [5.41, 5.74) is 1.63. The zero-order chi connectivity index (χ0) is 12.3. The van der Waals surface area contributed by atoms with Crippen molar-refractivity contribution < 1.29 is 0 Å². The molecule has 2 rings (SSSR count). The van der Waals surface area contributed by atoms with Gasteiger partial charge < -0.3 is 5.32 Å². The minimum absolute atomic E-state index is 0.507. The number of hydrogen-bond donors (Lipinski definition) is 1. The van der Waals surface area contributed by atoms with Gasteiger partial charge in [-0.25, -0.2) is 0 Å². The normalized spacial score (nSPS) is 18.8. The van der Waals surface area contributed by atoms with Gasteiger partial charge in [0, 0.05) is 27.6 Å². The van der Waals surface area contributed by atoms with Crippen molar-refractivity contribution in [3.63, 3.8) is 0 Å². The molecule has 0 bridgehead atoms. The number of rotatable bonds is 5. The van der Waals surface area contributed by atoms with Crippen molar-refractivity contribution in [3.8, 4) is 0 Å². The third-order valence-corrected chi connectivity index (χ3v) is 5.65. The Kier molecular flexibility index (Phi) is 4.95. The molecule has 1 aromatic heterocycles. The Hall–Kier alpha value is 0.01000. The third kappa shape index (κ3) is 3.49. The number of hydrogen-bond acceptors (Lipinski definition) is 3. The first kappa shape index (κ1) is 13.4. The Morgan fingerprint density at radius 3 is 2.82 bits per heavy atom. The summed E-state index contributed by atoms with van der Waals surface area (Å²) in [5, 5.41) is 3.70. The van der Waals surface area contributed by atoms with E-state index in [9.17, 15) is 0 Å². The Balaban J connectivity index is 1.99. The molecule has 2 unspecified atom stereocenters. The number of aryl methyl sites for hydroxylation is 2. The van der Waals surface area contributed by atoms with Crippen LogP contribution in [0.25, 0.3) is 0 Å². The molecule has 0 aromatic carbocycles. The molecule has 1 aliphatic rings. The van der Waals surface area contributed by atoms with Crippen LogP contribution >= 0.6 is 23.1 Å². The van der Waals surface area contributed by atoms with Gasteiger partial charge in [-0.2, -0.15) is 11.8 Å². The highest BCUT2D eigenvalue weighted by Crippen LogP contribution is 2.32. The predicted octanol–water partition coefficient (Wildman–Crippen LogP) is 4.03. The second-order valence-electron chi connectivity index (χ2n) is 5.05. The van der Waals surface area contributed by atoms with Gasteiger partial charge in [0.1, 0.15) is 0 Å². The van der Waals surface area contributed by atoms with Crippen LogP contribution < -0.4 is 5.32 Å². The maximum atomic E-state index is 3.70. The van der Waals surface area contributed by atoms with E-state index in [0.717, 1.165) is 0 Å². The maximum absolute atomic E-state index is 3.70. The highest BCUT2D eigenvalue weighted by molar-refractivity contribution is 7.98. The van der Waals surface area contributed by atoms with Crippen LogP contribution in [0.1, 0.15) is 48.0 Å². The van der Waals surface area contributed by atoms with E-state index in [1.54, 1.807) is 10.4 Å². The van der Waals surface area contributed by atoms with E-state index in [1.165, 1.54) is 36.3 Å². The monoisotopic (exact) mass is 269 g/mol. The minimum Gasteiger partial charge on any atom is -0.306 e. The summed E-state index contributed by atoms with van der Waals surface area (Å²) in [5.74, 6) is 1.19. The average molecular weight is 269 g/mol. The molecular formula is C14H23NS2. The molecule has 1 heterocycles. The molecular weight excluding hydrogens is 246 g/mol. The molecule has 1 nitrogen and oxygen atoms in total. The van der Waals surface area contributed by atoms with Crippen molar-refractivity contribution in [2.45, 2.75) is 51.6 Å². The van der Waals surface area contributed by atoms with Crippen LogP contribution in [0.2, 0.25) is 0 Å². The largest absolute Gasteiger partial charge is 0.306 e. The molecule has 0 saturated carbocycles.